The van der Waals surface area contributed by atoms with E-state index in [-0.39, 0.29) is 0 Å². The highest BCUT2D eigenvalue weighted by Crippen LogP contribution is 2.24. The molecule has 1 aromatic rings. The molecule has 1 rings (SSSR count). The molecule has 0 saturated heterocycles. The van der Waals surface area contributed by atoms with Gasteiger partial charge in [-0.3, -0.25) is 0 Å². The number of aliphatic carboxylic acids is 1. The van der Waals surface area contributed by atoms with Crippen LogP contribution in [-0.4, -0.2) is 23.7 Å². The van der Waals surface area contributed by atoms with Crippen molar-refractivity contribution in [1.82, 2.24) is 0 Å². The molecule has 0 bridgehead atoms. The van der Waals surface area contributed by atoms with Gasteiger partial charge in [-0.25, -0.2) is 4.79 Å². The van der Waals surface area contributed by atoms with Crippen molar-refractivity contribution in [2.45, 2.75) is 39.2 Å². The molecule has 1 unspecified atom stereocenters. The van der Waals surface area contributed by atoms with Gasteiger partial charge in [0.1, 0.15) is 11.3 Å². The molecule has 4 nitrogen and oxygen atoms in total. The van der Waals surface area contributed by atoms with Gasteiger partial charge in [-0.05, 0) is 49.9 Å². The fourth-order valence-corrected chi connectivity index (χ4v) is 1.79. The summed E-state index contributed by atoms with van der Waals surface area (Å²) in [5.74, 6) is 0.407. The van der Waals surface area contributed by atoms with Gasteiger partial charge >= 0.3 is 5.97 Å². The van der Waals surface area contributed by atoms with E-state index >= 15 is 0 Å². The highest BCUT2D eigenvalue weighted by molar-refractivity contribution is 5.82. The second kappa shape index (κ2) is 6.45. The van der Waals surface area contributed by atoms with Gasteiger partial charge < -0.3 is 15.2 Å². The van der Waals surface area contributed by atoms with Crippen LogP contribution in [0, 0.1) is 5.92 Å². The number of rotatable bonds is 7. The first-order valence-electron chi connectivity index (χ1n) is 6.53. The summed E-state index contributed by atoms with van der Waals surface area (Å²) in [6.07, 6.45) is 1.46. The minimum atomic E-state index is -0.946. The van der Waals surface area contributed by atoms with Gasteiger partial charge in [0.2, 0.25) is 0 Å². The average Bonchev–Trinajstić information content (AvgIpc) is 2.37. The van der Waals surface area contributed by atoms with E-state index in [4.69, 9.17) is 4.74 Å². The largest absolute Gasteiger partial charge is 0.497 e. The molecular formula is C15H23NO3. The third-order valence-corrected chi connectivity index (χ3v) is 3.20. The Hall–Kier alpha value is -1.71. The van der Waals surface area contributed by atoms with Crippen LogP contribution < -0.4 is 10.1 Å². The number of carboxylic acids is 1. The molecule has 0 aliphatic heterocycles. The van der Waals surface area contributed by atoms with Crippen molar-refractivity contribution >= 4 is 11.7 Å². The number of ether oxygens (including phenoxy) is 1. The van der Waals surface area contributed by atoms with E-state index < -0.39 is 11.5 Å². The summed E-state index contributed by atoms with van der Waals surface area (Å²) in [5, 5.41) is 12.5. The van der Waals surface area contributed by atoms with Crippen LogP contribution >= 0.6 is 0 Å². The number of benzene rings is 1. The Labute approximate surface area is 114 Å². The van der Waals surface area contributed by atoms with E-state index in [0.717, 1.165) is 17.9 Å². The van der Waals surface area contributed by atoms with Crippen molar-refractivity contribution in [2.24, 2.45) is 5.92 Å². The van der Waals surface area contributed by atoms with Gasteiger partial charge in [0.05, 0.1) is 7.11 Å². The molecule has 4 heteroatoms. The quantitative estimate of drug-likeness (QED) is 0.793. The van der Waals surface area contributed by atoms with Crippen molar-refractivity contribution < 1.29 is 14.6 Å². The predicted octanol–water partition coefficient (Wildman–Crippen LogP) is 3.39. The number of methoxy groups -OCH3 is 1. The van der Waals surface area contributed by atoms with Crippen LogP contribution in [-0.2, 0) is 4.79 Å². The summed E-state index contributed by atoms with van der Waals surface area (Å²) in [5.41, 5.74) is -0.159. The second-order valence-corrected chi connectivity index (χ2v) is 5.42. The number of anilines is 1. The SMILES string of the molecule is COc1ccc(NC(C)(CCC(C)C)C(=O)O)cc1. The van der Waals surface area contributed by atoms with Gasteiger partial charge in [0.25, 0.3) is 0 Å². The van der Waals surface area contributed by atoms with Crippen LogP contribution in [0.5, 0.6) is 5.75 Å². The standard InChI is InChI=1S/C15H23NO3/c1-11(2)9-10-15(3,14(17)18)16-12-5-7-13(19-4)8-6-12/h5-8,11,16H,9-10H2,1-4H3,(H,17,18). The lowest BCUT2D eigenvalue weighted by Gasteiger charge is -2.28. The van der Waals surface area contributed by atoms with E-state index in [2.05, 4.69) is 19.2 Å². The van der Waals surface area contributed by atoms with Crippen LogP contribution in [0.4, 0.5) is 5.69 Å². The molecule has 0 aliphatic carbocycles. The molecule has 0 aromatic heterocycles. The Morgan fingerprint density at radius 1 is 1.37 bits per heavy atom. The molecule has 2 N–H and O–H groups in total. The summed E-state index contributed by atoms with van der Waals surface area (Å²) in [4.78, 5) is 11.5. The van der Waals surface area contributed by atoms with Crippen molar-refractivity contribution in [1.29, 1.82) is 0 Å². The van der Waals surface area contributed by atoms with Crippen LogP contribution in [0.15, 0.2) is 24.3 Å². The van der Waals surface area contributed by atoms with Crippen molar-refractivity contribution in [3.8, 4) is 5.75 Å². The van der Waals surface area contributed by atoms with Gasteiger partial charge in [0, 0.05) is 5.69 Å². The highest BCUT2D eigenvalue weighted by Gasteiger charge is 2.32. The lowest BCUT2D eigenvalue weighted by Crippen LogP contribution is -2.43. The smallest absolute Gasteiger partial charge is 0.329 e. The Balaban J connectivity index is 2.79. The molecule has 0 fully saturated rings. The molecule has 19 heavy (non-hydrogen) atoms. The zero-order valence-corrected chi connectivity index (χ0v) is 12.1. The summed E-state index contributed by atoms with van der Waals surface area (Å²) in [6.45, 7) is 5.91. The van der Waals surface area contributed by atoms with Gasteiger partial charge in [-0.15, -0.1) is 0 Å². The average molecular weight is 265 g/mol. The number of carbonyl (C=O) groups is 1. The lowest BCUT2D eigenvalue weighted by atomic mass is 9.91. The van der Waals surface area contributed by atoms with Gasteiger partial charge in [-0.1, -0.05) is 13.8 Å². The lowest BCUT2D eigenvalue weighted by molar-refractivity contribution is -0.142. The van der Waals surface area contributed by atoms with Crippen molar-refractivity contribution in [3.63, 3.8) is 0 Å². The van der Waals surface area contributed by atoms with E-state index in [0.29, 0.717) is 12.3 Å². The Kier molecular flexibility index (Phi) is 5.21. The third kappa shape index (κ3) is 4.47. The first kappa shape index (κ1) is 15.3. The fraction of sp³-hybridized carbons (Fsp3) is 0.533. The topological polar surface area (TPSA) is 58.6 Å². The Morgan fingerprint density at radius 2 is 1.95 bits per heavy atom. The first-order valence-corrected chi connectivity index (χ1v) is 6.53. The van der Waals surface area contributed by atoms with Crippen LogP contribution in [0.3, 0.4) is 0 Å². The summed E-state index contributed by atoms with van der Waals surface area (Å²) in [6, 6.07) is 7.28. The molecule has 0 aliphatic rings. The monoisotopic (exact) mass is 265 g/mol. The number of hydrogen-bond acceptors (Lipinski definition) is 3. The summed E-state index contributed by atoms with van der Waals surface area (Å²) >= 11 is 0. The minimum absolute atomic E-state index is 0.483. The zero-order chi connectivity index (χ0) is 14.5. The molecular weight excluding hydrogens is 242 g/mol. The molecule has 1 aromatic carbocycles. The van der Waals surface area contributed by atoms with E-state index in [1.807, 2.05) is 24.3 Å². The van der Waals surface area contributed by atoms with Gasteiger partial charge in [0.15, 0.2) is 0 Å². The maximum absolute atomic E-state index is 11.5. The predicted molar refractivity (Wildman–Crippen MR) is 76.7 cm³/mol. The van der Waals surface area contributed by atoms with Crippen molar-refractivity contribution in [3.05, 3.63) is 24.3 Å². The molecule has 1 atom stereocenters. The molecule has 106 valence electrons. The zero-order valence-electron chi connectivity index (χ0n) is 12.1. The Morgan fingerprint density at radius 3 is 2.37 bits per heavy atom. The molecule has 0 heterocycles. The molecule has 0 saturated carbocycles. The molecule has 0 amide bonds. The highest BCUT2D eigenvalue weighted by atomic mass is 16.5. The van der Waals surface area contributed by atoms with E-state index in [9.17, 15) is 9.90 Å². The molecule has 0 radical (unpaired) electrons. The minimum Gasteiger partial charge on any atom is -0.497 e. The number of carboxylic acid groups (broad SMARTS) is 1. The van der Waals surface area contributed by atoms with Crippen molar-refractivity contribution in [2.75, 3.05) is 12.4 Å². The first-order chi connectivity index (χ1) is 8.87. The molecule has 0 spiro atoms. The third-order valence-electron chi connectivity index (χ3n) is 3.20. The maximum atomic E-state index is 11.5. The second-order valence-electron chi connectivity index (χ2n) is 5.42. The number of hydrogen-bond donors (Lipinski definition) is 2. The van der Waals surface area contributed by atoms with Crippen LogP contribution in [0.25, 0.3) is 0 Å². The summed E-state index contributed by atoms with van der Waals surface area (Å²) in [7, 11) is 1.60. The Bertz CT molecular complexity index is 414. The van der Waals surface area contributed by atoms with E-state index in [1.54, 1.807) is 14.0 Å². The summed E-state index contributed by atoms with van der Waals surface area (Å²) < 4.78 is 5.08. The van der Waals surface area contributed by atoms with Crippen LogP contribution in [0.1, 0.15) is 33.6 Å². The van der Waals surface area contributed by atoms with Crippen LogP contribution in [0.2, 0.25) is 0 Å². The number of nitrogens with one attached hydrogen (secondary N) is 1. The van der Waals surface area contributed by atoms with E-state index in [1.165, 1.54) is 0 Å². The maximum Gasteiger partial charge on any atom is 0.329 e. The normalized spacial score (nSPS) is 13.9. The fourth-order valence-electron chi connectivity index (χ4n) is 1.79. The van der Waals surface area contributed by atoms with Gasteiger partial charge in [-0.2, -0.15) is 0 Å².